The summed E-state index contributed by atoms with van der Waals surface area (Å²) in [6, 6.07) is 9.16. The fourth-order valence-electron chi connectivity index (χ4n) is 2.16. The molecule has 96 valence electrons. The Hall–Kier alpha value is -1.36. The highest BCUT2D eigenvalue weighted by Crippen LogP contribution is 2.33. The van der Waals surface area contributed by atoms with Crippen LogP contribution in [0.15, 0.2) is 30.3 Å². The number of nitrogens with one attached hydrogen (secondary N) is 1. The maximum Gasteiger partial charge on any atom is 0.317 e. The van der Waals surface area contributed by atoms with Gasteiger partial charge in [-0.3, -0.25) is 9.59 Å². The highest BCUT2D eigenvalue weighted by molar-refractivity contribution is 9.09. The second-order valence-electron chi connectivity index (χ2n) is 4.16. The minimum Gasteiger partial charge on any atom is -0.443 e. The van der Waals surface area contributed by atoms with Gasteiger partial charge in [0, 0.05) is 18.5 Å². The van der Waals surface area contributed by atoms with E-state index in [0.29, 0.717) is 13.0 Å². The van der Waals surface area contributed by atoms with Crippen molar-refractivity contribution in [2.75, 3.05) is 11.9 Å². The molecule has 1 N–H and O–H groups in total. The van der Waals surface area contributed by atoms with E-state index in [1.165, 1.54) is 0 Å². The van der Waals surface area contributed by atoms with Crippen LogP contribution in [-0.4, -0.2) is 23.8 Å². The fourth-order valence-corrected chi connectivity index (χ4v) is 2.27. The Balaban J connectivity index is 2.39. The zero-order chi connectivity index (χ0) is 13.0. The zero-order valence-corrected chi connectivity index (χ0v) is 11.4. The smallest absolute Gasteiger partial charge is 0.317 e. The Morgan fingerprint density at radius 3 is 2.72 bits per heavy atom. The summed E-state index contributed by atoms with van der Waals surface area (Å²) >= 11 is 3.05. The van der Waals surface area contributed by atoms with Crippen LogP contribution >= 0.6 is 15.9 Å². The van der Waals surface area contributed by atoms with E-state index in [1.54, 1.807) is 0 Å². The predicted molar refractivity (Wildman–Crippen MR) is 70.2 cm³/mol. The third-order valence-corrected chi connectivity index (χ3v) is 3.45. The van der Waals surface area contributed by atoms with Gasteiger partial charge in [0.2, 0.25) is 5.60 Å². The number of esters is 1. The van der Waals surface area contributed by atoms with Crippen LogP contribution in [-0.2, 0) is 19.9 Å². The van der Waals surface area contributed by atoms with Gasteiger partial charge in [0.05, 0.1) is 0 Å². The molecule has 1 amide bonds. The molecule has 1 unspecified atom stereocenters. The van der Waals surface area contributed by atoms with E-state index < -0.39 is 11.6 Å². The van der Waals surface area contributed by atoms with E-state index in [4.69, 9.17) is 4.74 Å². The van der Waals surface area contributed by atoms with Gasteiger partial charge in [-0.05, 0) is 6.42 Å². The van der Waals surface area contributed by atoms with Crippen molar-refractivity contribution >= 4 is 27.8 Å². The second kappa shape index (κ2) is 5.52. The van der Waals surface area contributed by atoms with Crippen LogP contribution in [0.3, 0.4) is 0 Å². The lowest BCUT2D eigenvalue weighted by Gasteiger charge is -2.35. The zero-order valence-electron chi connectivity index (χ0n) is 9.82. The minimum atomic E-state index is -1.18. The van der Waals surface area contributed by atoms with Gasteiger partial charge < -0.3 is 10.1 Å². The molecular weight excluding hydrogens is 298 g/mol. The Morgan fingerprint density at radius 2 is 2.11 bits per heavy atom. The molecule has 0 aliphatic carbocycles. The van der Waals surface area contributed by atoms with Crippen LogP contribution in [0, 0.1) is 0 Å². The lowest BCUT2D eigenvalue weighted by Crippen LogP contribution is -2.51. The van der Waals surface area contributed by atoms with Gasteiger partial charge in [-0.15, -0.1) is 0 Å². The minimum absolute atomic E-state index is 0.0782. The van der Waals surface area contributed by atoms with Gasteiger partial charge in [0.15, 0.2) is 0 Å². The quantitative estimate of drug-likeness (QED) is 0.683. The summed E-state index contributed by atoms with van der Waals surface area (Å²) in [5, 5.41) is 2.85. The summed E-state index contributed by atoms with van der Waals surface area (Å²) in [6.07, 6.45) is 1.30. The van der Waals surface area contributed by atoms with Crippen LogP contribution in [0.4, 0.5) is 0 Å². The number of halogens is 1. The third-order valence-electron chi connectivity index (χ3n) is 3.00. The van der Waals surface area contributed by atoms with Crippen LogP contribution in [0.2, 0.25) is 0 Å². The molecule has 0 bridgehead atoms. The Labute approximate surface area is 114 Å². The summed E-state index contributed by atoms with van der Waals surface area (Å²) < 4.78 is 5.43. The standard InChI is InChI=1S/C13H14BrNO3/c14-9-11(16)18-13(7-4-8-15-12(13)17)10-5-2-1-3-6-10/h1-3,5-6H,4,7-9H2,(H,15,17). The van der Waals surface area contributed by atoms with Crippen LogP contribution in [0.1, 0.15) is 18.4 Å². The maximum atomic E-state index is 12.2. The van der Waals surface area contributed by atoms with Gasteiger partial charge in [-0.25, -0.2) is 0 Å². The molecule has 0 aromatic heterocycles. The number of benzene rings is 1. The summed E-state index contributed by atoms with van der Waals surface area (Å²) in [5.41, 5.74) is -0.457. The third kappa shape index (κ3) is 2.41. The number of piperidine rings is 1. The Morgan fingerprint density at radius 1 is 1.39 bits per heavy atom. The molecule has 0 saturated carbocycles. The highest BCUT2D eigenvalue weighted by Gasteiger charge is 2.45. The average Bonchev–Trinajstić information content (AvgIpc) is 2.42. The van der Waals surface area contributed by atoms with E-state index in [-0.39, 0.29) is 11.2 Å². The number of ether oxygens (including phenoxy) is 1. The first-order chi connectivity index (χ1) is 8.69. The van der Waals surface area contributed by atoms with Gasteiger partial charge in [-0.2, -0.15) is 0 Å². The Kier molecular flexibility index (Phi) is 4.01. The van der Waals surface area contributed by atoms with Gasteiger partial charge in [0.1, 0.15) is 5.33 Å². The molecule has 18 heavy (non-hydrogen) atoms. The molecule has 4 nitrogen and oxygen atoms in total. The van der Waals surface area contributed by atoms with Crippen molar-refractivity contribution in [2.45, 2.75) is 18.4 Å². The number of alkyl halides is 1. The van der Waals surface area contributed by atoms with Crippen molar-refractivity contribution in [3.63, 3.8) is 0 Å². The molecule has 1 aromatic carbocycles. The van der Waals surface area contributed by atoms with E-state index in [2.05, 4.69) is 21.2 Å². The maximum absolute atomic E-state index is 12.2. The predicted octanol–water partition coefficient (Wildman–Crippen LogP) is 1.73. The van der Waals surface area contributed by atoms with Crippen molar-refractivity contribution in [1.82, 2.24) is 5.32 Å². The number of hydrogen-bond donors (Lipinski definition) is 1. The molecule has 0 spiro atoms. The number of amides is 1. The van der Waals surface area contributed by atoms with Crippen molar-refractivity contribution in [1.29, 1.82) is 0 Å². The molecule has 1 fully saturated rings. The fraction of sp³-hybridized carbons (Fsp3) is 0.385. The molecule has 1 saturated heterocycles. The normalized spacial score (nSPS) is 23.3. The molecule has 1 aliphatic heterocycles. The first-order valence-electron chi connectivity index (χ1n) is 5.81. The highest BCUT2D eigenvalue weighted by atomic mass is 79.9. The van der Waals surface area contributed by atoms with Crippen molar-refractivity contribution in [2.24, 2.45) is 0 Å². The number of carbonyl (C=O) groups excluding carboxylic acids is 2. The lowest BCUT2D eigenvalue weighted by atomic mass is 9.85. The largest absolute Gasteiger partial charge is 0.443 e. The topological polar surface area (TPSA) is 55.4 Å². The average molecular weight is 312 g/mol. The summed E-state index contributed by atoms with van der Waals surface area (Å²) in [4.78, 5) is 23.7. The van der Waals surface area contributed by atoms with Crippen LogP contribution < -0.4 is 5.32 Å². The van der Waals surface area contributed by atoms with E-state index in [0.717, 1.165) is 12.0 Å². The molecule has 1 aliphatic rings. The Bertz CT molecular complexity index is 449. The van der Waals surface area contributed by atoms with Gasteiger partial charge in [-0.1, -0.05) is 46.3 Å². The number of hydrogen-bond acceptors (Lipinski definition) is 3. The molecule has 1 heterocycles. The van der Waals surface area contributed by atoms with Gasteiger partial charge >= 0.3 is 5.97 Å². The van der Waals surface area contributed by atoms with E-state index >= 15 is 0 Å². The SMILES string of the molecule is O=C(CBr)OC1(c2ccccc2)CCCNC1=O. The van der Waals surface area contributed by atoms with Crippen LogP contribution in [0.5, 0.6) is 0 Å². The number of carbonyl (C=O) groups is 2. The van der Waals surface area contributed by atoms with Crippen molar-refractivity contribution in [3.05, 3.63) is 35.9 Å². The molecule has 0 radical (unpaired) electrons. The molecule has 5 heteroatoms. The van der Waals surface area contributed by atoms with E-state index in [1.807, 2.05) is 30.3 Å². The second-order valence-corrected chi connectivity index (χ2v) is 4.72. The number of rotatable bonds is 3. The first-order valence-corrected chi connectivity index (χ1v) is 6.93. The summed E-state index contributed by atoms with van der Waals surface area (Å²) in [5.74, 6) is -0.676. The summed E-state index contributed by atoms with van der Waals surface area (Å²) in [6.45, 7) is 0.624. The van der Waals surface area contributed by atoms with Crippen molar-refractivity contribution < 1.29 is 14.3 Å². The molecular formula is C13H14BrNO3. The molecule has 1 aromatic rings. The van der Waals surface area contributed by atoms with Crippen LogP contribution in [0.25, 0.3) is 0 Å². The monoisotopic (exact) mass is 311 g/mol. The molecule has 2 rings (SSSR count). The lowest BCUT2D eigenvalue weighted by molar-refractivity contribution is -0.171. The first kappa shape index (κ1) is 13.1. The van der Waals surface area contributed by atoms with Crippen molar-refractivity contribution in [3.8, 4) is 0 Å². The molecule has 1 atom stereocenters. The summed E-state index contributed by atoms with van der Waals surface area (Å²) in [7, 11) is 0. The van der Waals surface area contributed by atoms with E-state index in [9.17, 15) is 9.59 Å². The van der Waals surface area contributed by atoms with Gasteiger partial charge in [0.25, 0.3) is 5.91 Å².